The Morgan fingerprint density at radius 1 is 0.292 bits per heavy atom. The quantitative estimate of drug-likeness (QED) is 0.145. The molecule has 11 aromatic carbocycles. The van der Waals surface area contributed by atoms with Crippen molar-refractivity contribution in [2.24, 2.45) is 0 Å². The normalized spacial score (nSPS) is 11.7. The Hall–Kier alpha value is -8.24. The zero-order valence-electron chi connectivity index (χ0n) is 35.4. The summed E-state index contributed by atoms with van der Waals surface area (Å²) in [5, 5.41) is 8.85. The lowest BCUT2D eigenvalue weighted by Gasteiger charge is -2.28. The van der Waals surface area contributed by atoms with Crippen LogP contribution in [-0.2, 0) is 0 Å². The molecular weight excluding hydrogens is 805 g/mol. The van der Waals surface area contributed by atoms with Crippen LogP contribution in [0, 0.1) is 0 Å². The molecule has 0 N–H and O–H groups in total. The van der Waals surface area contributed by atoms with E-state index in [1.807, 2.05) is 11.3 Å². The van der Waals surface area contributed by atoms with Crippen molar-refractivity contribution in [3.63, 3.8) is 0 Å². The third kappa shape index (κ3) is 6.16. The molecule has 2 nitrogen and oxygen atoms in total. The molecule has 0 aliphatic rings. The van der Waals surface area contributed by atoms with Crippen LogP contribution in [0.5, 0.6) is 0 Å². The second kappa shape index (κ2) is 15.2. The number of hydrogen-bond donors (Lipinski definition) is 0. The Labute approximate surface area is 381 Å². The summed E-state index contributed by atoms with van der Waals surface area (Å²) in [7, 11) is 0. The highest BCUT2D eigenvalue weighted by Gasteiger charge is 2.21. The van der Waals surface area contributed by atoms with Crippen LogP contribution in [0.25, 0.3) is 103 Å². The van der Waals surface area contributed by atoms with E-state index in [1.54, 1.807) is 0 Å². The van der Waals surface area contributed by atoms with E-state index in [4.69, 9.17) is 0 Å². The maximum absolute atomic E-state index is 2.47. The molecule has 0 amide bonds. The van der Waals surface area contributed by atoms with Crippen LogP contribution in [0.1, 0.15) is 0 Å². The number of rotatable bonds is 7. The summed E-state index contributed by atoms with van der Waals surface area (Å²) in [5.41, 5.74) is 15.4. The molecule has 3 heteroatoms. The molecule has 0 unspecified atom stereocenters. The van der Waals surface area contributed by atoms with Crippen molar-refractivity contribution in [3.8, 4) is 44.5 Å². The maximum Gasteiger partial charge on any atom is 0.109 e. The van der Waals surface area contributed by atoms with Gasteiger partial charge in [0.05, 0.1) is 15.7 Å². The van der Waals surface area contributed by atoms with Crippen molar-refractivity contribution in [1.82, 2.24) is 4.40 Å². The second-order valence-corrected chi connectivity index (χ2v) is 17.9. The molecule has 0 atom stereocenters. The molecule has 13 aromatic rings. The Morgan fingerprint density at radius 3 is 1.40 bits per heavy atom. The lowest BCUT2D eigenvalue weighted by atomic mass is 9.93. The first-order valence-electron chi connectivity index (χ1n) is 22.2. The van der Waals surface area contributed by atoms with Crippen LogP contribution in [0.15, 0.2) is 243 Å². The first-order valence-corrected chi connectivity index (χ1v) is 23.1. The zero-order chi connectivity index (χ0) is 42.8. The number of para-hydroxylation sites is 1. The van der Waals surface area contributed by atoms with E-state index in [1.165, 1.54) is 103 Å². The molecule has 0 saturated heterocycles. The van der Waals surface area contributed by atoms with Crippen molar-refractivity contribution >= 4 is 86.7 Å². The van der Waals surface area contributed by atoms with Crippen molar-refractivity contribution < 1.29 is 0 Å². The number of nitrogens with zero attached hydrogens (tertiary/aromatic N) is 2. The van der Waals surface area contributed by atoms with Gasteiger partial charge in [-0.2, -0.15) is 0 Å². The number of anilines is 3. The summed E-state index contributed by atoms with van der Waals surface area (Å²) < 4.78 is 3.75. The standard InChI is InChI=1S/C62H40N2S/c1-4-17-41(18-5-1)45-37-46(42-19-6-2-7-20-42)39-49(38-45)63(48-35-36-55-53-25-11-10-23-51(53)52-24-12-13-26-54(52)57(55)40-48)47-33-31-43(32-34-47)50-28-16-30-59-61(50)65-62-60(44-21-8-3-9-22-44)56-27-14-15-29-58(56)64(59)62/h1-40H. The van der Waals surface area contributed by atoms with E-state index in [0.717, 1.165) is 17.1 Å². The van der Waals surface area contributed by atoms with Gasteiger partial charge < -0.3 is 4.90 Å². The number of fused-ring (bicyclic) bond motifs is 11. The van der Waals surface area contributed by atoms with Gasteiger partial charge in [-0.3, -0.25) is 4.40 Å². The van der Waals surface area contributed by atoms with E-state index >= 15 is 0 Å². The van der Waals surface area contributed by atoms with Gasteiger partial charge in [-0.1, -0.05) is 188 Å². The molecule has 0 fully saturated rings. The Bertz CT molecular complexity index is 3830. The summed E-state index contributed by atoms with van der Waals surface area (Å²) in [6.45, 7) is 0. The summed E-state index contributed by atoms with van der Waals surface area (Å²) in [6, 6.07) is 88.9. The smallest absolute Gasteiger partial charge is 0.109 e. The highest BCUT2D eigenvalue weighted by molar-refractivity contribution is 7.25. The van der Waals surface area contributed by atoms with E-state index in [-0.39, 0.29) is 0 Å². The van der Waals surface area contributed by atoms with E-state index in [9.17, 15) is 0 Å². The molecule has 0 saturated carbocycles. The predicted octanol–water partition coefficient (Wildman–Crippen LogP) is 17.9. The minimum atomic E-state index is 1.09. The van der Waals surface area contributed by atoms with Gasteiger partial charge in [-0.25, -0.2) is 0 Å². The lowest BCUT2D eigenvalue weighted by Crippen LogP contribution is -2.10. The van der Waals surface area contributed by atoms with Crippen LogP contribution >= 0.6 is 11.3 Å². The van der Waals surface area contributed by atoms with Crippen molar-refractivity contribution in [2.75, 3.05) is 4.90 Å². The summed E-state index contributed by atoms with van der Waals surface area (Å²) in [5.74, 6) is 0. The highest BCUT2D eigenvalue weighted by atomic mass is 32.1. The van der Waals surface area contributed by atoms with Gasteiger partial charge in [0.15, 0.2) is 0 Å². The van der Waals surface area contributed by atoms with E-state index in [2.05, 4.69) is 252 Å². The minimum absolute atomic E-state index is 1.09. The fourth-order valence-electron chi connectivity index (χ4n) is 10.2. The molecular formula is C62H40N2S. The molecule has 2 heterocycles. The number of thiazole rings is 1. The molecule has 0 radical (unpaired) electrons. The Kier molecular flexibility index (Phi) is 8.75. The number of benzene rings is 11. The fraction of sp³-hybridized carbons (Fsp3) is 0. The summed E-state index contributed by atoms with van der Waals surface area (Å²) >= 11 is 1.89. The fourth-order valence-corrected chi connectivity index (χ4v) is 11.5. The monoisotopic (exact) mass is 844 g/mol. The van der Waals surface area contributed by atoms with Crippen LogP contribution in [0.3, 0.4) is 0 Å². The van der Waals surface area contributed by atoms with Crippen LogP contribution < -0.4 is 4.90 Å². The average Bonchev–Trinajstić information content (AvgIpc) is 3.92. The zero-order valence-corrected chi connectivity index (χ0v) is 36.2. The van der Waals surface area contributed by atoms with Gasteiger partial charge in [-0.05, 0) is 120 Å². The second-order valence-electron chi connectivity index (χ2n) is 16.9. The molecule has 0 bridgehead atoms. The van der Waals surface area contributed by atoms with Gasteiger partial charge in [-0.15, -0.1) is 11.3 Å². The topological polar surface area (TPSA) is 7.65 Å². The molecule has 65 heavy (non-hydrogen) atoms. The van der Waals surface area contributed by atoms with Gasteiger partial charge in [0, 0.05) is 33.6 Å². The van der Waals surface area contributed by atoms with Gasteiger partial charge >= 0.3 is 0 Å². The van der Waals surface area contributed by atoms with Crippen LogP contribution in [-0.4, -0.2) is 4.40 Å². The first kappa shape index (κ1) is 37.3. The minimum Gasteiger partial charge on any atom is -0.310 e. The lowest BCUT2D eigenvalue weighted by molar-refractivity contribution is 1.29. The molecule has 304 valence electrons. The first-order chi connectivity index (χ1) is 32.2. The van der Waals surface area contributed by atoms with Crippen molar-refractivity contribution in [1.29, 1.82) is 0 Å². The average molecular weight is 845 g/mol. The maximum atomic E-state index is 2.47. The molecule has 13 rings (SSSR count). The van der Waals surface area contributed by atoms with Crippen molar-refractivity contribution in [3.05, 3.63) is 243 Å². The van der Waals surface area contributed by atoms with E-state index in [0.29, 0.717) is 0 Å². The third-order valence-corrected chi connectivity index (χ3v) is 14.4. The van der Waals surface area contributed by atoms with Crippen molar-refractivity contribution in [2.45, 2.75) is 0 Å². The summed E-state index contributed by atoms with van der Waals surface area (Å²) in [6.07, 6.45) is 0. The van der Waals surface area contributed by atoms with Gasteiger partial charge in [0.25, 0.3) is 0 Å². The highest BCUT2D eigenvalue weighted by Crippen LogP contribution is 2.47. The number of hydrogen-bond acceptors (Lipinski definition) is 2. The Balaban J connectivity index is 1.02. The predicted molar refractivity (Wildman–Crippen MR) is 279 cm³/mol. The molecule has 2 aromatic heterocycles. The van der Waals surface area contributed by atoms with Gasteiger partial charge in [0.2, 0.25) is 0 Å². The Morgan fingerprint density at radius 2 is 0.785 bits per heavy atom. The molecule has 0 aliphatic heterocycles. The number of aromatic nitrogens is 1. The third-order valence-electron chi connectivity index (χ3n) is 13.1. The SMILES string of the molecule is c1ccc(-c2cc(-c3ccccc3)cc(N(c3ccc(-c4cccc5c4sc4c(-c6ccccc6)c6ccccc6n45)cc3)c3ccc4c5ccccc5c5ccccc5c4c3)c2)cc1. The summed E-state index contributed by atoms with van der Waals surface area (Å²) in [4.78, 5) is 3.71. The molecule has 0 aliphatic carbocycles. The molecule has 0 spiro atoms. The van der Waals surface area contributed by atoms with E-state index < -0.39 is 0 Å². The van der Waals surface area contributed by atoms with Gasteiger partial charge in [0.1, 0.15) is 4.83 Å². The van der Waals surface area contributed by atoms with Crippen LogP contribution in [0.4, 0.5) is 17.1 Å². The largest absolute Gasteiger partial charge is 0.310 e. The van der Waals surface area contributed by atoms with Crippen LogP contribution in [0.2, 0.25) is 0 Å².